The zero-order chi connectivity index (χ0) is 9.35. The molecule has 0 amide bonds. The van der Waals surface area contributed by atoms with E-state index in [0.717, 1.165) is 0 Å². The van der Waals surface area contributed by atoms with Crippen LogP contribution in [0.15, 0.2) is 0 Å². The molecular weight excluding hydrogens is 156 g/mol. The third kappa shape index (κ3) is 1.49. The highest BCUT2D eigenvalue weighted by Gasteiger charge is 2.19. The van der Waals surface area contributed by atoms with E-state index in [1.807, 2.05) is 20.8 Å². The van der Waals surface area contributed by atoms with Gasteiger partial charge in [0.25, 0.3) is 0 Å². The summed E-state index contributed by atoms with van der Waals surface area (Å²) >= 11 is 0. The average Bonchev–Trinajstić information content (AvgIpc) is 2.29. The minimum Gasteiger partial charge on any atom is -0.466 e. The summed E-state index contributed by atoms with van der Waals surface area (Å²) in [5.41, 5.74) is 5.45. The van der Waals surface area contributed by atoms with Gasteiger partial charge in [-0.1, -0.05) is 0 Å². The molecule has 2 N–H and O–H groups in total. The Bertz CT molecular complexity index is 273. The standard InChI is InChI=1S/C7H14N4O/c1-7(2,3)11-5(8)9-6(10-11)12-4/h1-4H3,(H2,8,9,10). The summed E-state index contributed by atoms with van der Waals surface area (Å²) in [7, 11) is 1.52. The molecule has 12 heavy (non-hydrogen) atoms. The molecule has 1 aromatic heterocycles. The molecule has 1 heterocycles. The Hall–Kier alpha value is -1.26. The van der Waals surface area contributed by atoms with E-state index in [-0.39, 0.29) is 5.54 Å². The molecule has 0 atom stereocenters. The van der Waals surface area contributed by atoms with Crippen LogP contribution in [0.4, 0.5) is 5.95 Å². The first-order valence-corrected chi connectivity index (χ1v) is 3.72. The van der Waals surface area contributed by atoms with E-state index in [1.54, 1.807) is 4.68 Å². The highest BCUT2D eigenvalue weighted by molar-refractivity contribution is 5.20. The van der Waals surface area contributed by atoms with Gasteiger partial charge in [-0.05, 0) is 20.8 Å². The summed E-state index contributed by atoms with van der Waals surface area (Å²) in [5.74, 6) is 0.374. The number of anilines is 1. The van der Waals surface area contributed by atoms with Crippen LogP contribution in [0.5, 0.6) is 6.01 Å². The van der Waals surface area contributed by atoms with Crippen molar-refractivity contribution in [2.75, 3.05) is 12.8 Å². The molecule has 0 saturated heterocycles. The van der Waals surface area contributed by atoms with Crippen molar-refractivity contribution in [3.63, 3.8) is 0 Å². The summed E-state index contributed by atoms with van der Waals surface area (Å²) in [6.45, 7) is 5.99. The normalized spacial score (nSPS) is 11.7. The molecular formula is C7H14N4O. The fourth-order valence-corrected chi connectivity index (χ4v) is 0.885. The van der Waals surface area contributed by atoms with Crippen molar-refractivity contribution in [3.8, 4) is 6.01 Å². The Balaban J connectivity index is 3.08. The Morgan fingerprint density at radius 3 is 2.25 bits per heavy atom. The van der Waals surface area contributed by atoms with Crippen LogP contribution in [-0.4, -0.2) is 21.9 Å². The maximum Gasteiger partial charge on any atom is 0.337 e. The monoisotopic (exact) mass is 170 g/mol. The third-order valence-corrected chi connectivity index (χ3v) is 1.43. The predicted octanol–water partition coefficient (Wildman–Crippen LogP) is 0.624. The second-order valence-corrected chi connectivity index (χ2v) is 3.54. The smallest absolute Gasteiger partial charge is 0.337 e. The lowest BCUT2D eigenvalue weighted by Gasteiger charge is -2.18. The average molecular weight is 170 g/mol. The molecule has 0 aliphatic heterocycles. The lowest BCUT2D eigenvalue weighted by atomic mass is 10.1. The van der Waals surface area contributed by atoms with Crippen LogP contribution >= 0.6 is 0 Å². The van der Waals surface area contributed by atoms with E-state index in [0.29, 0.717) is 12.0 Å². The van der Waals surface area contributed by atoms with E-state index in [9.17, 15) is 0 Å². The summed E-state index contributed by atoms with van der Waals surface area (Å²) in [4.78, 5) is 3.90. The van der Waals surface area contributed by atoms with Crippen molar-refractivity contribution in [3.05, 3.63) is 0 Å². The number of methoxy groups -OCH3 is 1. The first-order chi connectivity index (χ1) is 5.45. The molecule has 5 heteroatoms. The van der Waals surface area contributed by atoms with Crippen molar-refractivity contribution in [2.45, 2.75) is 26.3 Å². The zero-order valence-electron chi connectivity index (χ0n) is 7.83. The number of nitrogens with two attached hydrogens (primary N) is 1. The fraction of sp³-hybridized carbons (Fsp3) is 0.714. The molecule has 0 bridgehead atoms. The molecule has 1 rings (SSSR count). The van der Waals surface area contributed by atoms with Gasteiger partial charge in [0.05, 0.1) is 12.6 Å². The molecule has 0 radical (unpaired) electrons. The molecule has 0 saturated carbocycles. The molecule has 0 spiro atoms. The fourth-order valence-electron chi connectivity index (χ4n) is 0.885. The lowest BCUT2D eigenvalue weighted by Crippen LogP contribution is -2.24. The van der Waals surface area contributed by atoms with Crippen LogP contribution in [0.1, 0.15) is 20.8 Å². The Kier molecular flexibility index (Phi) is 1.95. The maximum atomic E-state index is 5.61. The third-order valence-electron chi connectivity index (χ3n) is 1.43. The van der Waals surface area contributed by atoms with Crippen molar-refractivity contribution in [2.24, 2.45) is 0 Å². The predicted molar refractivity (Wildman–Crippen MR) is 46.0 cm³/mol. The van der Waals surface area contributed by atoms with Gasteiger partial charge in [-0.3, -0.25) is 0 Å². The van der Waals surface area contributed by atoms with Crippen LogP contribution in [0, 0.1) is 0 Å². The highest BCUT2D eigenvalue weighted by atomic mass is 16.5. The van der Waals surface area contributed by atoms with Gasteiger partial charge in [0.2, 0.25) is 5.95 Å². The van der Waals surface area contributed by atoms with Crippen LogP contribution in [0.3, 0.4) is 0 Å². The van der Waals surface area contributed by atoms with Crippen molar-refractivity contribution in [1.82, 2.24) is 14.8 Å². The number of ether oxygens (including phenoxy) is 1. The number of nitrogen functional groups attached to an aromatic ring is 1. The SMILES string of the molecule is COc1nc(N)n(C(C)(C)C)n1. The molecule has 1 aromatic rings. The summed E-state index contributed by atoms with van der Waals surface area (Å²) in [5, 5.41) is 4.06. The Morgan fingerprint density at radius 1 is 1.42 bits per heavy atom. The van der Waals surface area contributed by atoms with Gasteiger partial charge in [0, 0.05) is 0 Å². The van der Waals surface area contributed by atoms with Crippen molar-refractivity contribution in [1.29, 1.82) is 0 Å². The van der Waals surface area contributed by atoms with E-state index >= 15 is 0 Å². The molecule has 5 nitrogen and oxygen atoms in total. The summed E-state index contributed by atoms with van der Waals surface area (Å²) in [6.07, 6.45) is 0. The van der Waals surface area contributed by atoms with Gasteiger partial charge >= 0.3 is 6.01 Å². The molecule has 0 aromatic carbocycles. The van der Waals surface area contributed by atoms with E-state index < -0.39 is 0 Å². The summed E-state index contributed by atoms with van der Waals surface area (Å²) < 4.78 is 6.48. The lowest BCUT2D eigenvalue weighted by molar-refractivity contribution is 0.331. The van der Waals surface area contributed by atoms with E-state index in [4.69, 9.17) is 10.5 Å². The number of aromatic nitrogens is 3. The minimum atomic E-state index is -0.159. The topological polar surface area (TPSA) is 66.0 Å². The number of rotatable bonds is 1. The Labute approximate surface area is 71.5 Å². The summed E-state index contributed by atoms with van der Waals surface area (Å²) in [6, 6.07) is 0.308. The van der Waals surface area contributed by atoms with Crippen LogP contribution in [0.2, 0.25) is 0 Å². The second-order valence-electron chi connectivity index (χ2n) is 3.54. The van der Waals surface area contributed by atoms with Gasteiger partial charge in [-0.2, -0.15) is 4.98 Å². The maximum absolute atomic E-state index is 5.61. The van der Waals surface area contributed by atoms with Crippen LogP contribution in [0.25, 0.3) is 0 Å². The van der Waals surface area contributed by atoms with Gasteiger partial charge < -0.3 is 10.5 Å². The van der Waals surface area contributed by atoms with Crippen molar-refractivity contribution >= 4 is 5.95 Å². The quantitative estimate of drug-likeness (QED) is 0.671. The van der Waals surface area contributed by atoms with Gasteiger partial charge in [0.15, 0.2) is 0 Å². The molecule has 0 fully saturated rings. The first-order valence-electron chi connectivity index (χ1n) is 3.72. The molecule has 0 unspecified atom stereocenters. The van der Waals surface area contributed by atoms with Gasteiger partial charge in [-0.15, -0.1) is 5.10 Å². The Morgan fingerprint density at radius 2 is 2.00 bits per heavy atom. The van der Waals surface area contributed by atoms with E-state index in [1.165, 1.54) is 7.11 Å². The highest BCUT2D eigenvalue weighted by Crippen LogP contribution is 2.18. The zero-order valence-corrected chi connectivity index (χ0v) is 7.83. The number of hydrogen-bond donors (Lipinski definition) is 1. The number of hydrogen-bond acceptors (Lipinski definition) is 4. The van der Waals surface area contributed by atoms with Gasteiger partial charge in [0.1, 0.15) is 0 Å². The van der Waals surface area contributed by atoms with Crippen molar-refractivity contribution < 1.29 is 4.74 Å². The molecule has 0 aliphatic rings. The van der Waals surface area contributed by atoms with Crippen LogP contribution < -0.4 is 10.5 Å². The first kappa shape index (κ1) is 8.83. The molecule has 0 aliphatic carbocycles. The minimum absolute atomic E-state index is 0.159. The largest absolute Gasteiger partial charge is 0.466 e. The number of nitrogens with zero attached hydrogens (tertiary/aromatic N) is 3. The van der Waals surface area contributed by atoms with E-state index in [2.05, 4.69) is 10.1 Å². The second kappa shape index (κ2) is 2.66. The van der Waals surface area contributed by atoms with Gasteiger partial charge in [-0.25, -0.2) is 4.68 Å². The molecule has 68 valence electrons. The van der Waals surface area contributed by atoms with Crippen LogP contribution in [-0.2, 0) is 5.54 Å².